The molecular formula is C25H32Cl2N2O2S. The lowest BCUT2D eigenvalue weighted by molar-refractivity contribution is -0.141. The van der Waals surface area contributed by atoms with Crippen LogP contribution in [0.4, 0.5) is 0 Å². The Morgan fingerprint density at radius 1 is 1.03 bits per heavy atom. The monoisotopic (exact) mass is 494 g/mol. The number of carbonyl (C=O) groups excluding carboxylic acids is 2. The number of amides is 2. The number of rotatable bonds is 10. The van der Waals surface area contributed by atoms with Gasteiger partial charge in [-0.25, -0.2) is 0 Å². The molecule has 1 N–H and O–H groups in total. The van der Waals surface area contributed by atoms with Crippen molar-refractivity contribution >= 4 is 46.8 Å². The summed E-state index contributed by atoms with van der Waals surface area (Å²) >= 11 is 14.5. The van der Waals surface area contributed by atoms with Crippen molar-refractivity contribution in [2.75, 3.05) is 5.75 Å². The Morgan fingerprint density at radius 2 is 1.66 bits per heavy atom. The van der Waals surface area contributed by atoms with E-state index >= 15 is 0 Å². The zero-order chi connectivity index (χ0) is 23.7. The lowest BCUT2D eigenvalue weighted by Crippen LogP contribution is -2.53. The Hall–Kier alpha value is -1.69. The first-order valence-corrected chi connectivity index (χ1v) is 12.7. The molecule has 0 bridgehead atoms. The number of hydrogen-bond acceptors (Lipinski definition) is 3. The average molecular weight is 496 g/mol. The normalized spacial score (nSPS) is 12.3. The second-order valence-corrected chi connectivity index (χ2v) is 10.6. The summed E-state index contributed by atoms with van der Waals surface area (Å²) in [5.74, 6) is 1.25. The van der Waals surface area contributed by atoms with E-state index < -0.39 is 11.6 Å². The Morgan fingerprint density at radius 3 is 2.22 bits per heavy atom. The van der Waals surface area contributed by atoms with Crippen LogP contribution in [0, 0.1) is 0 Å². The van der Waals surface area contributed by atoms with Crippen LogP contribution in [-0.4, -0.2) is 34.0 Å². The molecule has 1 atom stereocenters. The van der Waals surface area contributed by atoms with Crippen molar-refractivity contribution in [3.8, 4) is 0 Å². The lowest BCUT2D eigenvalue weighted by Gasteiger charge is -2.33. The first-order valence-electron chi connectivity index (χ1n) is 10.8. The highest BCUT2D eigenvalue weighted by Gasteiger charge is 2.31. The molecule has 0 saturated heterocycles. The molecule has 2 aromatic rings. The Labute approximate surface area is 206 Å². The number of nitrogens with zero attached hydrogens (tertiary/aromatic N) is 1. The summed E-state index contributed by atoms with van der Waals surface area (Å²) < 4.78 is 0. The van der Waals surface area contributed by atoms with Crippen molar-refractivity contribution in [3.05, 3.63) is 69.7 Å². The molecular weight excluding hydrogens is 463 g/mol. The first kappa shape index (κ1) is 26.6. The van der Waals surface area contributed by atoms with Crippen LogP contribution < -0.4 is 5.32 Å². The van der Waals surface area contributed by atoms with Crippen molar-refractivity contribution in [3.63, 3.8) is 0 Å². The number of benzene rings is 2. The second kappa shape index (κ2) is 12.5. The standard InChI is InChI=1S/C25H32Cl2N2O2S/c1-5-22(24(31)28-25(2,3)4)29(16-19-20(26)12-9-13-21(19)27)23(30)14-15-32-17-18-10-7-6-8-11-18/h6-13,22H,5,14-17H2,1-4H3,(H,28,31)/t22-/m1/s1. The number of thioether (sulfide) groups is 1. The summed E-state index contributed by atoms with van der Waals surface area (Å²) in [5.41, 5.74) is 1.48. The van der Waals surface area contributed by atoms with Gasteiger partial charge in [0.25, 0.3) is 0 Å². The van der Waals surface area contributed by atoms with Gasteiger partial charge in [-0.15, -0.1) is 0 Å². The van der Waals surface area contributed by atoms with Gasteiger partial charge in [0.05, 0.1) is 0 Å². The van der Waals surface area contributed by atoms with Crippen LogP contribution >= 0.6 is 35.0 Å². The molecule has 174 valence electrons. The third-order valence-corrected chi connectivity index (χ3v) is 6.58. The van der Waals surface area contributed by atoms with Crippen LogP contribution in [0.3, 0.4) is 0 Å². The largest absolute Gasteiger partial charge is 0.350 e. The Bertz CT molecular complexity index is 880. The smallest absolute Gasteiger partial charge is 0.243 e. The molecule has 0 aliphatic heterocycles. The van der Waals surface area contributed by atoms with E-state index in [9.17, 15) is 9.59 Å². The van der Waals surface area contributed by atoms with Crippen LogP contribution in [0.1, 0.15) is 51.7 Å². The predicted molar refractivity (Wildman–Crippen MR) is 136 cm³/mol. The summed E-state index contributed by atoms with van der Waals surface area (Å²) in [4.78, 5) is 28.0. The summed E-state index contributed by atoms with van der Waals surface area (Å²) in [6.07, 6.45) is 0.825. The molecule has 0 aliphatic rings. The van der Waals surface area contributed by atoms with Gasteiger partial charge in [-0.05, 0) is 44.9 Å². The fourth-order valence-electron chi connectivity index (χ4n) is 3.29. The van der Waals surface area contributed by atoms with Crippen LogP contribution in [-0.2, 0) is 21.9 Å². The molecule has 0 saturated carbocycles. The van der Waals surface area contributed by atoms with Crippen LogP contribution in [0.25, 0.3) is 0 Å². The highest BCUT2D eigenvalue weighted by molar-refractivity contribution is 7.98. The van der Waals surface area contributed by atoms with Crippen molar-refractivity contribution in [1.29, 1.82) is 0 Å². The summed E-state index contributed by atoms with van der Waals surface area (Å²) in [6.45, 7) is 7.88. The summed E-state index contributed by atoms with van der Waals surface area (Å²) in [5, 5.41) is 3.98. The molecule has 0 radical (unpaired) electrons. The van der Waals surface area contributed by atoms with Gasteiger partial charge in [-0.1, -0.05) is 66.5 Å². The zero-order valence-corrected chi connectivity index (χ0v) is 21.5. The van der Waals surface area contributed by atoms with Gasteiger partial charge in [-0.3, -0.25) is 9.59 Å². The Kier molecular flexibility index (Phi) is 10.4. The van der Waals surface area contributed by atoms with Gasteiger partial charge < -0.3 is 10.2 Å². The number of hydrogen-bond donors (Lipinski definition) is 1. The maximum Gasteiger partial charge on any atom is 0.243 e. The average Bonchev–Trinajstić information content (AvgIpc) is 2.72. The minimum Gasteiger partial charge on any atom is -0.350 e. The van der Waals surface area contributed by atoms with Crippen LogP contribution in [0.15, 0.2) is 48.5 Å². The lowest BCUT2D eigenvalue weighted by atomic mass is 10.1. The SMILES string of the molecule is CC[C@H](C(=O)NC(C)(C)C)N(Cc1c(Cl)cccc1Cl)C(=O)CCSCc1ccccc1. The maximum absolute atomic E-state index is 13.3. The zero-order valence-electron chi connectivity index (χ0n) is 19.2. The molecule has 0 heterocycles. The van der Waals surface area contributed by atoms with E-state index in [1.54, 1.807) is 34.9 Å². The van der Waals surface area contributed by atoms with Crippen molar-refractivity contribution in [2.24, 2.45) is 0 Å². The molecule has 0 fully saturated rings. The van der Waals surface area contributed by atoms with Crippen molar-refractivity contribution in [1.82, 2.24) is 10.2 Å². The van der Waals surface area contributed by atoms with E-state index in [-0.39, 0.29) is 18.4 Å². The van der Waals surface area contributed by atoms with E-state index in [0.29, 0.717) is 34.2 Å². The number of halogens is 2. The molecule has 2 amide bonds. The van der Waals surface area contributed by atoms with E-state index in [2.05, 4.69) is 17.4 Å². The van der Waals surface area contributed by atoms with Crippen LogP contribution in [0.5, 0.6) is 0 Å². The van der Waals surface area contributed by atoms with Gasteiger partial charge in [0, 0.05) is 45.6 Å². The van der Waals surface area contributed by atoms with Crippen LogP contribution in [0.2, 0.25) is 10.0 Å². The molecule has 7 heteroatoms. The van der Waals surface area contributed by atoms with Gasteiger partial charge in [0.2, 0.25) is 11.8 Å². The maximum atomic E-state index is 13.3. The number of nitrogens with one attached hydrogen (secondary N) is 1. The fraction of sp³-hybridized carbons (Fsp3) is 0.440. The van der Waals surface area contributed by atoms with Crippen molar-refractivity contribution in [2.45, 2.75) is 64.4 Å². The molecule has 2 rings (SSSR count). The quantitative estimate of drug-likeness (QED) is 0.392. The molecule has 32 heavy (non-hydrogen) atoms. The Balaban J connectivity index is 2.16. The van der Waals surface area contributed by atoms with E-state index in [0.717, 1.165) is 5.75 Å². The minimum atomic E-state index is -0.604. The minimum absolute atomic E-state index is 0.0857. The third kappa shape index (κ3) is 8.34. The van der Waals surface area contributed by atoms with Gasteiger partial charge in [0.1, 0.15) is 6.04 Å². The highest BCUT2D eigenvalue weighted by Crippen LogP contribution is 2.27. The molecule has 0 unspecified atom stereocenters. The molecule has 4 nitrogen and oxygen atoms in total. The topological polar surface area (TPSA) is 49.4 Å². The van der Waals surface area contributed by atoms with E-state index in [1.807, 2.05) is 45.9 Å². The molecule has 2 aromatic carbocycles. The summed E-state index contributed by atoms with van der Waals surface area (Å²) in [6, 6.07) is 14.8. The van der Waals surface area contributed by atoms with Gasteiger partial charge >= 0.3 is 0 Å². The molecule has 0 aromatic heterocycles. The fourth-order valence-corrected chi connectivity index (χ4v) is 4.70. The third-order valence-electron chi connectivity index (χ3n) is 4.85. The first-order chi connectivity index (χ1) is 15.1. The van der Waals surface area contributed by atoms with E-state index in [1.165, 1.54) is 5.56 Å². The van der Waals surface area contributed by atoms with Gasteiger partial charge in [-0.2, -0.15) is 11.8 Å². The summed E-state index contributed by atoms with van der Waals surface area (Å²) in [7, 11) is 0. The number of carbonyl (C=O) groups is 2. The van der Waals surface area contributed by atoms with Crippen molar-refractivity contribution < 1.29 is 9.59 Å². The molecule has 0 spiro atoms. The second-order valence-electron chi connectivity index (χ2n) is 8.67. The van der Waals surface area contributed by atoms with E-state index in [4.69, 9.17) is 23.2 Å². The highest BCUT2D eigenvalue weighted by atomic mass is 35.5. The van der Waals surface area contributed by atoms with Gasteiger partial charge in [0.15, 0.2) is 0 Å². The predicted octanol–water partition coefficient (Wildman–Crippen LogP) is 6.34. The molecule has 0 aliphatic carbocycles.